The van der Waals surface area contributed by atoms with Gasteiger partial charge in [-0.05, 0) is 68.3 Å². The van der Waals surface area contributed by atoms with E-state index in [1.165, 1.54) is 0 Å². The Bertz CT molecular complexity index is 1240. The topological polar surface area (TPSA) is 76.2 Å². The molecule has 7 nitrogen and oxygen atoms in total. The lowest BCUT2D eigenvalue weighted by Crippen LogP contribution is -2.47. The highest BCUT2D eigenvalue weighted by atomic mass is 16.6. The fraction of sp³-hybridized carbons (Fsp3) is 0.300. The van der Waals surface area contributed by atoms with Crippen LogP contribution in [-0.4, -0.2) is 37.0 Å². The van der Waals surface area contributed by atoms with Gasteiger partial charge in [0.2, 0.25) is 5.91 Å². The van der Waals surface area contributed by atoms with Crippen LogP contribution >= 0.6 is 0 Å². The first-order chi connectivity index (χ1) is 17.9. The van der Waals surface area contributed by atoms with E-state index >= 15 is 0 Å². The quantitative estimate of drug-likeness (QED) is 0.379. The van der Waals surface area contributed by atoms with Gasteiger partial charge in [0, 0.05) is 29.4 Å². The van der Waals surface area contributed by atoms with Crippen molar-refractivity contribution in [2.75, 3.05) is 23.0 Å². The molecule has 0 saturated carbocycles. The van der Waals surface area contributed by atoms with Gasteiger partial charge in [0.15, 0.2) is 6.61 Å². The van der Waals surface area contributed by atoms with E-state index in [4.69, 9.17) is 9.47 Å². The first-order valence-corrected chi connectivity index (χ1v) is 12.6. The summed E-state index contributed by atoms with van der Waals surface area (Å²) in [5.41, 5.74) is 3.09. The number of hydrogen-bond acceptors (Lipinski definition) is 5. The second-order valence-electron chi connectivity index (χ2n) is 8.91. The second kappa shape index (κ2) is 11.7. The summed E-state index contributed by atoms with van der Waals surface area (Å²) in [7, 11) is 0. The van der Waals surface area contributed by atoms with E-state index in [0.29, 0.717) is 30.8 Å². The summed E-state index contributed by atoms with van der Waals surface area (Å²) < 4.78 is 10.3. The van der Waals surface area contributed by atoms with Gasteiger partial charge in [-0.3, -0.25) is 9.59 Å². The molecule has 192 valence electrons. The zero-order valence-electron chi connectivity index (χ0n) is 21.4. The molecule has 0 aromatic heterocycles. The number of rotatable bonds is 8. The lowest BCUT2D eigenvalue weighted by Gasteiger charge is -2.43. The number of carbonyl (C=O) groups excluding carboxylic acids is 3. The summed E-state index contributed by atoms with van der Waals surface area (Å²) in [5, 5.41) is 0. The van der Waals surface area contributed by atoms with E-state index in [9.17, 15) is 14.4 Å². The number of para-hydroxylation sites is 2. The SMILES string of the molecule is CCOC(=O)COc1ccc(C(=O)N2c3ccccc3[C@H](N(C(=O)CC)c3ccccc3)C[C@@H]2C)cc1. The van der Waals surface area contributed by atoms with Gasteiger partial charge in [-0.25, -0.2) is 4.79 Å². The van der Waals surface area contributed by atoms with Crippen molar-refractivity contribution >= 4 is 29.2 Å². The number of amides is 2. The average molecular weight is 501 g/mol. The lowest BCUT2D eigenvalue weighted by molar-refractivity contribution is -0.145. The highest BCUT2D eigenvalue weighted by Crippen LogP contribution is 2.43. The van der Waals surface area contributed by atoms with Gasteiger partial charge in [0.25, 0.3) is 5.91 Å². The van der Waals surface area contributed by atoms with Crippen molar-refractivity contribution in [3.63, 3.8) is 0 Å². The molecule has 37 heavy (non-hydrogen) atoms. The Kier molecular flexibility index (Phi) is 8.23. The number of carbonyl (C=O) groups is 3. The standard InChI is InChI=1S/C30H32N2O5/c1-4-28(33)32(23-11-7-6-8-12-23)27-19-21(3)31(26-14-10-9-13-25(26)27)30(35)22-15-17-24(18-16-22)37-20-29(34)36-5-2/h6-18,21,27H,4-5,19-20H2,1-3H3/t21-,27+/m0/s1. The third-order valence-corrected chi connectivity index (χ3v) is 6.46. The zero-order valence-corrected chi connectivity index (χ0v) is 21.4. The summed E-state index contributed by atoms with van der Waals surface area (Å²) in [6, 6.07) is 23.9. The Morgan fingerprint density at radius 3 is 2.27 bits per heavy atom. The minimum absolute atomic E-state index is 0.0383. The average Bonchev–Trinajstić information content (AvgIpc) is 2.92. The molecular formula is C30H32N2O5. The Morgan fingerprint density at radius 1 is 0.919 bits per heavy atom. The van der Waals surface area contributed by atoms with Crippen LogP contribution in [0.5, 0.6) is 5.75 Å². The minimum atomic E-state index is -0.443. The maximum Gasteiger partial charge on any atom is 0.344 e. The number of anilines is 2. The summed E-state index contributed by atoms with van der Waals surface area (Å²) in [5.74, 6) is -0.0600. The summed E-state index contributed by atoms with van der Waals surface area (Å²) in [6.07, 6.45) is 0.985. The van der Waals surface area contributed by atoms with Gasteiger partial charge in [-0.1, -0.05) is 43.3 Å². The molecule has 0 unspecified atom stereocenters. The number of fused-ring (bicyclic) bond motifs is 1. The predicted octanol–water partition coefficient (Wildman–Crippen LogP) is 5.55. The summed E-state index contributed by atoms with van der Waals surface area (Å²) in [6.45, 7) is 5.72. The van der Waals surface area contributed by atoms with Gasteiger partial charge < -0.3 is 19.3 Å². The number of benzene rings is 3. The largest absolute Gasteiger partial charge is 0.482 e. The fourth-order valence-corrected chi connectivity index (χ4v) is 4.77. The monoisotopic (exact) mass is 500 g/mol. The van der Waals surface area contributed by atoms with Crippen LogP contribution in [0.25, 0.3) is 0 Å². The normalized spacial score (nSPS) is 16.5. The maximum absolute atomic E-state index is 13.7. The second-order valence-corrected chi connectivity index (χ2v) is 8.91. The molecule has 0 radical (unpaired) electrons. The molecule has 0 fully saturated rings. The van der Waals surface area contributed by atoms with Crippen molar-refractivity contribution in [1.29, 1.82) is 0 Å². The first kappa shape index (κ1) is 25.9. The fourth-order valence-electron chi connectivity index (χ4n) is 4.77. The molecular weight excluding hydrogens is 468 g/mol. The highest BCUT2D eigenvalue weighted by molar-refractivity contribution is 6.07. The Hall–Kier alpha value is -4.13. The molecule has 4 rings (SSSR count). The minimum Gasteiger partial charge on any atom is -0.482 e. The molecule has 0 aliphatic carbocycles. The van der Waals surface area contributed by atoms with Crippen molar-refractivity contribution in [3.05, 3.63) is 90.0 Å². The number of esters is 1. The summed E-state index contributed by atoms with van der Waals surface area (Å²) in [4.78, 5) is 42.1. The predicted molar refractivity (Wildman–Crippen MR) is 143 cm³/mol. The Labute approximate surface area is 217 Å². The van der Waals surface area contributed by atoms with Crippen molar-refractivity contribution < 1.29 is 23.9 Å². The van der Waals surface area contributed by atoms with Crippen LogP contribution in [0.1, 0.15) is 55.6 Å². The number of hydrogen-bond donors (Lipinski definition) is 0. The van der Waals surface area contributed by atoms with Crippen LogP contribution in [0.3, 0.4) is 0 Å². The molecule has 1 heterocycles. The molecule has 7 heteroatoms. The van der Waals surface area contributed by atoms with Crippen LogP contribution in [-0.2, 0) is 14.3 Å². The van der Waals surface area contributed by atoms with E-state index in [1.807, 2.05) is 73.3 Å². The van der Waals surface area contributed by atoms with Crippen molar-refractivity contribution in [1.82, 2.24) is 0 Å². The number of nitrogens with zero attached hydrogens (tertiary/aromatic N) is 2. The molecule has 0 saturated heterocycles. The molecule has 0 bridgehead atoms. The van der Waals surface area contributed by atoms with Gasteiger partial charge in [0.05, 0.1) is 12.6 Å². The van der Waals surface area contributed by atoms with E-state index in [0.717, 1.165) is 16.9 Å². The Morgan fingerprint density at radius 2 is 1.59 bits per heavy atom. The van der Waals surface area contributed by atoms with E-state index in [1.54, 1.807) is 36.1 Å². The molecule has 1 aliphatic rings. The number of ether oxygens (including phenoxy) is 2. The maximum atomic E-state index is 13.7. The van der Waals surface area contributed by atoms with Crippen LogP contribution < -0.4 is 14.5 Å². The summed E-state index contributed by atoms with van der Waals surface area (Å²) >= 11 is 0. The van der Waals surface area contributed by atoms with Gasteiger partial charge >= 0.3 is 5.97 Å². The van der Waals surface area contributed by atoms with Crippen molar-refractivity contribution in [2.24, 2.45) is 0 Å². The van der Waals surface area contributed by atoms with Crippen LogP contribution in [0, 0.1) is 0 Å². The third kappa shape index (κ3) is 5.66. The van der Waals surface area contributed by atoms with Crippen LogP contribution in [0.15, 0.2) is 78.9 Å². The van der Waals surface area contributed by atoms with Crippen LogP contribution in [0.4, 0.5) is 11.4 Å². The molecule has 2 amide bonds. The van der Waals surface area contributed by atoms with Gasteiger partial charge in [0.1, 0.15) is 5.75 Å². The smallest absolute Gasteiger partial charge is 0.344 e. The van der Waals surface area contributed by atoms with Crippen molar-refractivity contribution in [2.45, 2.75) is 45.7 Å². The highest BCUT2D eigenvalue weighted by Gasteiger charge is 2.38. The van der Waals surface area contributed by atoms with Crippen molar-refractivity contribution in [3.8, 4) is 5.75 Å². The van der Waals surface area contributed by atoms with E-state index in [-0.39, 0.29) is 30.5 Å². The zero-order chi connectivity index (χ0) is 26.4. The van der Waals surface area contributed by atoms with Crippen LogP contribution in [0.2, 0.25) is 0 Å². The molecule has 0 N–H and O–H groups in total. The van der Waals surface area contributed by atoms with E-state index in [2.05, 4.69) is 0 Å². The molecule has 0 spiro atoms. The van der Waals surface area contributed by atoms with Gasteiger partial charge in [-0.15, -0.1) is 0 Å². The third-order valence-electron chi connectivity index (χ3n) is 6.46. The molecule has 3 aromatic rings. The molecule has 3 aromatic carbocycles. The van der Waals surface area contributed by atoms with Gasteiger partial charge in [-0.2, -0.15) is 0 Å². The van der Waals surface area contributed by atoms with E-state index < -0.39 is 5.97 Å². The molecule has 2 atom stereocenters. The Balaban J connectivity index is 1.61. The lowest BCUT2D eigenvalue weighted by atomic mass is 9.89. The molecule has 1 aliphatic heterocycles. The first-order valence-electron chi connectivity index (χ1n) is 12.6.